The summed E-state index contributed by atoms with van der Waals surface area (Å²) < 4.78 is 11.2. The van der Waals surface area contributed by atoms with E-state index in [1.54, 1.807) is 11.8 Å². The molecule has 5 nitrogen and oxygen atoms in total. The van der Waals surface area contributed by atoms with Crippen LogP contribution in [0.3, 0.4) is 0 Å². The van der Waals surface area contributed by atoms with Crippen molar-refractivity contribution in [3.8, 4) is 0 Å². The zero-order valence-corrected chi connectivity index (χ0v) is 14.6. The number of fused-ring (bicyclic) bond motifs is 1. The fourth-order valence-corrected chi connectivity index (χ4v) is 3.64. The third-order valence-electron chi connectivity index (χ3n) is 3.68. The number of thioether (sulfide) groups is 1. The van der Waals surface area contributed by atoms with E-state index in [9.17, 15) is 4.79 Å². The maximum absolute atomic E-state index is 12.3. The molecular formula is C17H22N2O3S. The summed E-state index contributed by atoms with van der Waals surface area (Å²) in [5, 5.41) is 0.655. The largest absolute Gasteiger partial charge is 0.444 e. The molecule has 1 aromatic carbocycles. The van der Waals surface area contributed by atoms with Crippen LogP contribution in [0.1, 0.15) is 33.6 Å². The molecule has 0 aliphatic carbocycles. The van der Waals surface area contributed by atoms with Gasteiger partial charge in [-0.2, -0.15) is 0 Å². The lowest BCUT2D eigenvalue weighted by Crippen LogP contribution is -2.40. The van der Waals surface area contributed by atoms with Gasteiger partial charge < -0.3 is 14.1 Å². The molecular weight excluding hydrogens is 312 g/mol. The molecule has 3 rings (SSSR count). The number of carbonyl (C=O) groups excluding carboxylic acids is 1. The minimum Gasteiger partial charge on any atom is -0.444 e. The van der Waals surface area contributed by atoms with Crippen LogP contribution in [0.2, 0.25) is 0 Å². The number of rotatable bonds is 3. The van der Waals surface area contributed by atoms with Gasteiger partial charge in [0, 0.05) is 18.3 Å². The van der Waals surface area contributed by atoms with Crippen LogP contribution in [-0.4, -0.2) is 39.9 Å². The highest BCUT2D eigenvalue weighted by atomic mass is 32.2. The minimum absolute atomic E-state index is 0.171. The van der Waals surface area contributed by atoms with Gasteiger partial charge in [0.25, 0.3) is 5.22 Å². The van der Waals surface area contributed by atoms with Crippen molar-refractivity contribution >= 4 is 29.0 Å². The number of oxazole rings is 1. The van der Waals surface area contributed by atoms with Crippen LogP contribution in [-0.2, 0) is 4.74 Å². The summed E-state index contributed by atoms with van der Waals surface area (Å²) in [4.78, 5) is 18.6. The maximum atomic E-state index is 12.3. The van der Waals surface area contributed by atoms with E-state index in [1.165, 1.54) is 0 Å². The predicted octanol–water partition coefficient (Wildman–Crippen LogP) is 4.32. The van der Waals surface area contributed by atoms with Crippen molar-refractivity contribution in [1.29, 1.82) is 0 Å². The fraction of sp³-hybridized carbons (Fsp3) is 0.529. The average Bonchev–Trinajstić information content (AvgIpc) is 3.09. The van der Waals surface area contributed by atoms with Crippen LogP contribution in [0.15, 0.2) is 33.9 Å². The first-order chi connectivity index (χ1) is 10.9. The van der Waals surface area contributed by atoms with E-state index in [0.29, 0.717) is 5.22 Å². The summed E-state index contributed by atoms with van der Waals surface area (Å²) in [6.45, 7) is 6.43. The van der Waals surface area contributed by atoms with Crippen LogP contribution < -0.4 is 0 Å². The van der Waals surface area contributed by atoms with Gasteiger partial charge in [-0.05, 0) is 45.7 Å². The topological polar surface area (TPSA) is 55.6 Å². The number of para-hydroxylation sites is 2. The SMILES string of the molecule is CC(C)(C)OC(=O)N1CCC[C@@H]1CSc1nc2ccccc2o1. The second-order valence-electron chi connectivity index (χ2n) is 6.73. The van der Waals surface area contributed by atoms with E-state index in [-0.39, 0.29) is 12.1 Å². The van der Waals surface area contributed by atoms with Crippen LogP contribution in [0.5, 0.6) is 0 Å². The molecule has 6 heteroatoms. The lowest BCUT2D eigenvalue weighted by atomic mass is 10.2. The van der Waals surface area contributed by atoms with Crippen molar-refractivity contribution in [2.45, 2.75) is 50.5 Å². The Hall–Kier alpha value is -1.69. The van der Waals surface area contributed by atoms with Crippen molar-refractivity contribution in [2.75, 3.05) is 12.3 Å². The zero-order chi connectivity index (χ0) is 16.4. The number of nitrogens with zero attached hydrogens (tertiary/aromatic N) is 2. The Balaban J connectivity index is 1.61. The highest BCUT2D eigenvalue weighted by Crippen LogP contribution is 2.28. The predicted molar refractivity (Wildman–Crippen MR) is 90.7 cm³/mol. The molecule has 1 saturated heterocycles. The van der Waals surface area contributed by atoms with Crippen molar-refractivity contribution in [3.05, 3.63) is 24.3 Å². The molecule has 1 aliphatic rings. The number of benzene rings is 1. The Bertz CT molecular complexity index is 659. The molecule has 0 saturated carbocycles. The molecule has 1 aromatic heterocycles. The van der Waals surface area contributed by atoms with Crippen molar-refractivity contribution in [1.82, 2.24) is 9.88 Å². The highest BCUT2D eigenvalue weighted by Gasteiger charge is 2.32. The van der Waals surface area contributed by atoms with Crippen molar-refractivity contribution < 1.29 is 13.9 Å². The number of hydrogen-bond donors (Lipinski definition) is 0. The van der Waals surface area contributed by atoms with Crippen LogP contribution in [0.25, 0.3) is 11.1 Å². The third kappa shape index (κ3) is 3.99. The summed E-state index contributed by atoms with van der Waals surface area (Å²) >= 11 is 1.56. The summed E-state index contributed by atoms with van der Waals surface area (Å²) in [6.07, 6.45) is 1.78. The first-order valence-corrected chi connectivity index (χ1v) is 8.89. The van der Waals surface area contributed by atoms with Crippen LogP contribution in [0.4, 0.5) is 4.79 Å². The summed E-state index contributed by atoms with van der Waals surface area (Å²) in [6, 6.07) is 7.90. The van der Waals surface area contributed by atoms with E-state index in [0.717, 1.165) is 36.2 Å². The number of aromatic nitrogens is 1. The van der Waals surface area contributed by atoms with Gasteiger partial charge >= 0.3 is 6.09 Å². The molecule has 1 fully saturated rings. The monoisotopic (exact) mass is 334 g/mol. The van der Waals surface area contributed by atoms with E-state index < -0.39 is 5.60 Å². The van der Waals surface area contributed by atoms with E-state index in [2.05, 4.69) is 4.98 Å². The number of ether oxygens (including phenoxy) is 1. The molecule has 0 spiro atoms. The third-order valence-corrected chi connectivity index (χ3v) is 4.65. The molecule has 0 bridgehead atoms. The molecule has 124 valence electrons. The van der Waals surface area contributed by atoms with Gasteiger partial charge in [-0.15, -0.1) is 0 Å². The highest BCUT2D eigenvalue weighted by molar-refractivity contribution is 7.99. The van der Waals surface area contributed by atoms with E-state index in [4.69, 9.17) is 9.15 Å². The number of likely N-dealkylation sites (tertiary alicyclic amines) is 1. The van der Waals surface area contributed by atoms with Gasteiger partial charge in [-0.3, -0.25) is 0 Å². The van der Waals surface area contributed by atoms with Crippen LogP contribution >= 0.6 is 11.8 Å². The molecule has 1 aliphatic heterocycles. The van der Waals surface area contributed by atoms with Gasteiger partial charge in [0.2, 0.25) is 0 Å². The van der Waals surface area contributed by atoms with Crippen molar-refractivity contribution in [3.63, 3.8) is 0 Å². The van der Waals surface area contributed by atoms with Crippen molar-refractivity contribution in [2.24, 2.45) is 0 Å². The smallest absolute Gasteiger partial charge is 0.410 e. The number of hydrogen-bond acceptors (Lipinski definition) is 5. The lowest BCUT2D eigenvalue weighted by molar-refractivity contribution is 0.0242. The van der Waals surface area contributed by atoms with Gasteiger partial charge in [0.15, 0.2) is 5.58 Å². The standard InChI is InChI=1S/C17H22N2O3S/c1-17(2,3)22-16(20)19-10-6-7-12(19)11-23-15-18-13-8-4-5-9-14(13)21-15/h4-5,8-9,12H,6-7,10-11H2,1-3H3/t12-/m1/s1. The molecule has 2 heterocycles. The van der Waals surface area contributed by atoms with E-state index in [1.807, 2.05) is 49.9 Å². The lowest BCUT2D eigenvalue weighted by Gasteiger charge is -2.28. The molecule has 1 amide bonds. The Morgan fingerprint density at radius 3 is 2.96 bits per heavy atom. The van der Waals surface area contributed by atoms with Gasteiger partial charge in [0.05, 0.1) is 0 Å². The molecule has 2 aromatic rings. The Labute approximate surface area is 140 Å². The maximum Gasteiger partial charge on any atom is 0.410 e. The van der Waals surface area contributed by atoms with Gasteiger partial charge in [0.1, 0.15) is 11.1 Å². The summed E-state index contributed by atoms with van der Waals surface area (Å²) in [7, 11) is 0. The summed E-state index contributed by atoms with van der Waals surface area (Å²) in [5.74, 6) is 0.770. The Morgan fingerprint density at radius 2 is 2.22 bits per heavy atom. The van der Waals surface area contributed by atoms with Gasteiger partial charge in [-0.1, -0.05) is 23.9 Å². The number of carbonyl (C=O) groups is 1. The van der Waals surface area contributed by atoms with Gasteiger partial charge in [-0.25, -0.2) is 9.78 Å². The average molecular weight is 334 g/mol. The molecule has 23 heavy (non-hydrogen) atoms. The second-order valence-corrected chi connectivity index (χ2v) is 7.70. The molecule has 0 N–H and O–H groups in total. The molecule has 0 unspecified atom stereocenters. The summed E-state index contributed by atoms with van der Waals surface area (Å²) in [5.41, 5.74) is 1.20. The molecule has 1 atom stereocenters. The number of amides is 1. The first kappa shape index (κ1) is 16.2. The zero-order valence-electron chi connectivity index (χ0n) is 13.7. The minimum atomic E-state index is -0.461. The Kier molecular flexibility index (Phi) is 4.53. The first-order valence-electron chi connectivity index (χ1n) is 7.90. The quantitative estimate of drug-likeness (QED) is 0.783. The molecule has 0 radical (unpaired) electrons. The Morgan fingerprint density at radius 1 is 1.43 bits per heavy atom. The normalized spacial score (nSPS) is 18.6. The van der Waals surface area contributed by atoms with Crippen LogP contribution in [0, 0.1) is 0 Å². The fourth-order valence-electron chi connectivity index (χ4n) is 2.65. The van der Waals surface area contributed by atoms with E-state index >= 15 is 0 Å². The second kappa shape index (κ2) is 6.43.